The van der Waals surface area contributed by atoms with Crippen molar-refractivity contribution in [3.8, 4) is 34.2 Å². The maximum atomic E-state index is 13.0. The van der Waals surface area contributed by atoms with Gasteiger partial charge in [0.2, 0.25) is 17.8 Å². The lowest BCUT2D eigenvalue weighted by molar-refractivity contribution is 0.122. The van der Waals surface area contributed by atoms with Gasteiger partial charge in [-0.05, 0) is 73.9 Å². The maximum Gasteiger partial charge on any atom is 0.265 e. The lowest BCUT2D eigenvalue weighted by atomic mass is 10.1. The first-order chi connectivity index (χ1) is 38.2. The first-order valence-corrected chi connectivity index (χ1v) is 26.5. The van der Waals surface area contributed by atoms with Gasteiger partial charge in [0.05, 0.1) is 66.0 Å². The quantitative estimate of drug-likeness (QED) is 0.136. The summed E-state index contributed by atoms with van der Waals surface area (Å²) in [6.07, 6.45) is 10.2. The average Bonchev–Trinajstić information content (AvgIpc) is 4.29. The van der Waals surface area contributed by atoms with E-state index >= 15 is 0 Å². The van der Waals surface area contributed by atoms with Crippen molar-refractivity contribution >= 4 is 34.8 Å². The molecule has 78 heavy (non-hydrogen) atoms. The van der Waals surface area contributed by atoms with Gasteiger partial charge >= 0.3 is 0 Å². The Morgan fingerprint density at radius 2 is 0.744 bits per heavy atom. The molecule has 3 aliphatic heterocycles. The molecule has 0 amide bonds. The number of pyridine rings is 3. The third-order valence-electron chi connectivity index (χ3n) is 12.4. The predicted octanol–water partition coefficient (Wildman–Crippen LogP) is 11.5. The Morgan fingerprint density at radius 3 is 1.09 bits per heavy atom. The SMILES string of the molecule is CC.CC.CC.FC(F)c1ccc2ncc(-c3ccnc(N4CCCCC4)n3)n2c1.FC(F)c1ccc2ncc(-c3ccnc(N4CCNCC4)n3)n2c1.FC(F)c1ccc2ncc(-c3ccnc(N4CCOCC4)n3)n2c1. The number of hydrogen-bond donors (Lipinski definition) is 1. The van der Waals surface area contributed by atoms with Crippen LogP contribution in [-0.2, 0) is 4.74 Å². The van der Waals surface area contributed by atoms with Gasteiger partial charge in [-0.2, -0.15) is 0 Å². The van der Waals surface area contributed by atoms with E-state index in [-0.39, 0.29) is 16.7 Å². The van der Waals surface area contributed by atoms with Crippen LogP contribution in [0.15, 0.2) is 110 Å². The second kappa shape index (κ2) is 28.5. The summed E-state index contributed by atoms with van der Waals surface area (Å²) in [7, 11) is 0. The molecule has 0 aliphatic carbocycles. The second-order valence-corrected chi connectivity index (χ2v) is 17.0. The topological polar surface area (TPSA) is 160 Å². The van der Waals surface area contributed by atoms with E-state index in [2.05, 4.69) is 60.0 Å². The molecule has 0 spiro atoms. The fourth-order valence-electron chi connectivity index (χ4n) is 8.60. The van der Waals surface area contributed by atoms with Crippen LogP contribution in [0.2, 0.25) is 0 Å². The van der Waals surface area contributed by atoms with Crippen molar-refractivity contribution in [1.29, 1.82) is 0 Å². The van der Waals surface area contributed by atoms with Crippen LogP contribution in [0, 0.1) is 0 Å². The van der Waals surface area contributed by atoms with Gasteiger partial charge < -0.3 is 24.8 Å². The van der Waals surface area contributed by atoms with Crippen molar-refractivity contribution < 1.29 is 31.1 Å². The van der Waals surface area contributed by atoms with E-state index < -0.39 is 19.3 Å². The molecular weight excluding hydrogens is 1010 g/mol. The molecular formula is C55H66F6N16O. The Kier molecular flexibility index (Phi) is 21.2. The summed E-state index contributed by atoms with van der Waals surface area (Å²) in [5.74, 6) is 1.94. The van der Waals surface area contributed by atoms with E-state index in [1.807, 2.05) is 46.4 Å². The fraction of sp³-hybridized carbons (Fsp3) is 0.400. The second-order valence-electron chi connectivity index (χ2n) is 17.0. The standard InChI is InChI=1S/C17H17F2N5.C16H16F2N6.C16H15F2N5O.3C2H6/c18-16(19)12-4-5-15-21-10-14(24(15)11-12)13-6-7-20-17(22-13)23-8-2-1-3-9-23;17-15(18)11-1-2-14-21-9-13(24(14)10-11)12-3-4-20-16(22-12)23-7-5-19-6-8-23;17-15(18)11-1-2-14-20-9-13(23(14)10-11)12-3-4-19-16(21-12)22-5-7-24-8-6-22;3*1-2/h4-7,10-11,16H,1-3,8-9H2;1-4,9-10,15,19H,5-8H2;1-4,9-10,15H,5-8H2;3*1-2H3. The molecule has 3 aliphatic rings. The molecule has 1 N–H and O–H groups in total. The Hall–Kier alpha value is -7.79. The molecule has 0 unspecified atom stereocenters. The highest BCUT2D eigenvalue weighted by Crippen LogP contribution is 2.28. The van der Waals surface area contributed by atoms with E-state index in [0.29, 0.717) is 82.2 Å². The van der Waals surface area contributed by atoms with Crippen LogP contribution in [0.25, 0.3) is 51.1 Å². The van der Waals surface area contributed by atoms with Crippen LogP contribution in [0.1, 0.15) is 96.8 Å². The van der Waals surface area contributed by atoms with Crippen LogP contribution in [0.3, 0.4) is 0 Å². The number of hydrogen-bond acceptors (Lipinski definition) is 14. The molecule has 9 aromatic rings. The van der Waals surface area contributed by atoms with Crippen LogP contribution in [0.4, 0.5) is 44.2 Å². The fourth-order valence-corrected chi connectivity index (χ4v) is 8.60. The summed E-state index contributed by atoms with van der Waals surface area (Å²) in [6, 6.07) is 14.2. The Bertz CT molecular complexity index is 2920. The molecule has 12 rings (SSSR count). The largest absolute Gasteiger partial charge is 0.378 e. The molecule has 0 saturated carbocycles. The maximum absolute atomic E-state index is 13.0. The summed E-state index contributed by atoms with van der Waals surface area (Å²) in [6.45, 7) is 20.1. The minimum Gasteiger partial charge on any atom is -0.378 e. The lowest BCUT2D eigenvalue weighted by Crippen LogP contribution is -2.44. The molecule has 0 aromatic carbocycles. The highest BCUT2D eigenvalue weighted by atomic mass is 19.3. The zero-order chi connectivity index (χ0) is 55.6. The van der Waals surface area contributed by atoms with Gasteiger partial charge in [-0.15, -0.1) is 0 Å². The Morgan fingerprint density at radius 1 is 0.410 bits per heavy atom. The molecule has 17 nitrogen and oxygen atoms in total. The number of imidazole rings is 3. The molecule has 9 aromatic heterocycles. The lowest BCUT2D eigenvalue weighted by Gasteiger charge is -2.27. The van der Waals surface area contributed by atoms with Gasteiger partial charge in [0.25, 0.3) is 19.3 Å². The Balaban J connectivity index is 0.000000162. The molecule has 23 heteroatoms. The monoisotopic (exact) mass is 1080 g/mol. The number of nitrogens with zero attached hydrogens (tertiary/aromatic N) is 15. The van der Waals surface area contributed by atoms with Crippen molar-refractivity contribution in [2.45, 2.75) is 80.1 Å². The Labute approximate surface area is 449 Å². The summed E-state index contributed by atoms with van der Waals surface area (Å²) < 4.78 is 88.1. The zero-order valence-corrected chi connectivity index (χ0v) is 44.7. The van der Waals surface area contributed by atoms with Crippen LogP contribution < -0.4 is 20.0 Å². The van der Waals surface area contributed by atoms with Crippen molar-refractivity contribution in [1.82, 2.24) is 63.4 Å². The van der Waals surface area contributed by atoms with E-state index in [9.17, 15) is 26.3 Å². The number of piperazine rings is 1. The molecule has 0 radical (unpaired) electrons. The smallest absolute Gasteiger partial charge is 0.265 e. The number of aromatic nitrogens is 12. The van der Waals surface area contributed by atoms with Gasteiger partial charge in [0.15, 0.2) is 0 Å². The van der Waals surface area contributed by atoms with Crippen LogP contribution in [-0.4, -0.2) is 124 Å². The van der Waals surface area contributed by atoms with Crippen molar-refractivity contribution in [3.05, 3.63) is 127 Å². The van der Waals surface area contributed by atoms with E-state index in [4.69, 9.17) is 4.74 Å². The number of fused-ring (bicyclic) bond motifs is 3. The number of morpholine rings is 1. The first-order valence-electron chi connectivity index (χ1n) is 26.5. The summed E-state index contributed by atoms with van der Waals surface area (Å²) in [4.78, 5) is 45.9. The highest BCUT2D eigenvalue weighted by molar-refractivity contribution is 5.64. The van der Waals surface area contributed by atoms with Crippen molar-refractivity contribution in [3.63, 3.8) is 0 Å². The zero-order valence-electron chi connectivity index (χ0n) is 44.7. The summed E-state index contributed by atoms with van der Waals surface area (Å²) >= 11 is 0. The molecule has 0 bridgehead atoms. The minimum absolute atomic E-state index is 0.0351. The summed E-state index contributed by atoms with van der Waals surface area (Å²) in [5, 5.41) is 3.29. The minimum atomic E-state index is -2.53. The predicted molar refractivity (Wildman–Crippen MR) is 292 cm³/mol. The van der Waals surface area contributed by atoms with Gasteiger partial charge in [0, 0.05) is 106 Å². The molecule has 3 fully saturated rings. The normalized spacial score (nSPS) is 14.4. The van der Waals surface area contributed by atoms with Crippen LogP contribution >= 0.6 is 0 Å². The van der Waals surface area contributed by atoms with Gasteiger partial charge in [0.1, 0.15) is 16.9 Å². The third-order valence-corrected chi connectivity index (χ3v) is 12.4. The average molecular weight is 1080 g/mol. The molecule has 3 saturated heterocycles. The van der Waals surface area contributed by atoms with E-state index in [1.165, 1.54) is 43.2 Å². The van der Waals surface area contributed by atoms with Gasteiger partial charge in [-0.25, -0.2) is 71.2 Å². The number of ether oxygens (including phenoxy) is 1. The number of anilines is 3. The van der Waals surface area contributed by atoms with Gasteiger partial charge in [-0.3, -0.25) is 13.2 Å². The number of piperidine rings is 1. The summed E-state index contributed by atoms with van der Waals surface area (Å²) in [5.41, 5.74) is 5.70. The van der Waals surface area contributed by atoms with Crippen molar-refractivity contribution in [2.75, 3.05) is 80.3 Å². The molecule has 0 atom stereocenters. The highest BCUT2D eigenvalue weighted by Gasteiger charge is 2.20. The number of rotatable bonds is 9. The van der Waals surface area contributed by atoms with Gasteiger partial charge in [-0.1, -0.05) is 41.5 Å². The molecule has 414 valence electrons. The van der Waals surface area contributed by atoms with E-state index in [0.717, 1.165) is 65.2 Å². The molecule has 12 heterocycles. The van der Waals surface area contributed by atoms with Crippen molar-refractivity contribution in [2.24, 2.45) is 0 Å². The number of nitrogens with one attached hydrogen (secondary N) is 1. The van der Waals surface area contributed by atoms with E-state index in [1.54, 1.807) is 86.8 Å². The number of alkyl halides is 6. The third kappa shape index (κ3) is 14.0. The number of halogens is 6. The van der Waals surface area contributed by atoms with Crippen LogP contribution in [0.5, 0.6) is 0 Å². The first kappa shape index (κ1) is 57.9.